The van der Waals surface area contributed by atoms with E-state index in [0.717, 1.165) is 12.1 Å². The molecule has 0 aliphatic carbocycles. The summed E-state index contributed by atoms with van der Waals surface area (Å²) in [5.74, 6) is -0.384. The highest BCUT2D eigenvalue weighted by atomic mass is 32.2. The van der Waals surface area contributed by atoms with Gasteiger partial charge in [-0.3, -0.25) is 4.55 Å². The monoisotopic (exact) mass is 263 g/mol. The van der Waals surface area contributed by atoms with Gasteiger partial charge in [0.15, 0.2) is 0 Å². The number of phenolic OH excluding ortho intramolecular Hbond substituents is 1. The molecule has 1 aromatic carbocycles. The van der Waals surface area contributed by atoms with Crippen LogP contribution in [0, 0.1) is 0 Å². The highest BCUT2D eigenvalue weighted by Crippen LogP contribution is 2.26. The number of anilines is 1. The fraction of sp³-hybridized carbons (Fsp3) is 0.333. The number of phenols is 1. The highest BCUT2D eigenvalue weighted by molar-refractivity contribution is 7.85. The average Bonchev–Trinajstić information content (AvgIpc) is 2.25. The van der Waals surface area contributed by atoms with Gasteiger partial charge in [0.05, 0.1) is 23.3 Å². The zero-order valence-corrected chi connectivity index (χ0v) is 9.55. The van der Waals surface area contributed by atoms with E-state index < -0.39 is 27.7 Å². The predicted molar refractivity (Wildman–Crippen MR) is 59.5 cm³/mol. The van der Waals surface area contributed by atoms with Crippen molar-refractivity contribution in [2.75, 3.05) is 18.5 Å². The van der Waals surface area contributed by atoms with Gasteiger partial charge in [-0.15, -0.1) is 0 Å². The molecule has 1 aromatic rings. The van der Waals surface area contributed by atoms with E-state index in [1.54, 1.807) is 0 Å². The molecule has 0 aliphatic heterocycles. The van der Waals surface area contributed by atoms with Crippen molar-refractivity contribution in [2.45, 2.75) is 11.0 Å². The lowest BCUT2D eigenvalue weighted by Crippen LogP contribution is -2.22. The Kier molecular flexibility index (Phi) is 4.29. The summed E-state index contributed by atoms with van der Waals surface area (Å²) in [6, 6.07) is 3.22. The quantitative estimate of drug-likeness (QED) is 0.354. The standard InChI is InChI=1S/C9H13NO6S/c11-5-6(12)4-10-8-2-1-7(3-9(8)13)17(14,15)16/h1-3,6,10-13H,4-5H2,(H,14,15,16). The van der Waals surface area contributed by atoms with Gasteiger partial charge < -0.3 is 20.6 Å². The van der Waals surface area contributed by atoms with Crippen LogP contribution in [0.25, 0.3) is 0 Å². The van der Waals surface area contributed by atoms with Crippen molar-refractivity contribution in [1.29, 1.82) is 0 Å². The van der Waals surface area contributed by atoms with Crippen LogP contribution in [0.15, 0.2) is 23.1 Å². The van der Waals surface area contributed by atoms with Crippen LogP contribution in [-0.2, 0) is 10.1 Å². The number of rotatable bonds is 5. The molecule has 0 aliphatic rings. The van der Waals surface area contributed by atoms with E-state index in [1.165, 1.54) is 6.07 Å². The van der Waals surface area contributed by atoms with E-state index in [4.69, 9.17) is 14.8 Å². The first-order chi connectivity index (χ1) is 7.84. The second kappa shape index (κ2) is 5.32. The molecule has 0 saturated carbocycles. The Balaban J connectivity index is 2.84. The molecule has 0 bridgehead atoms. The molecule has 1 rings (SSSR count). The molecule has 0 amide bonds. The van der Waals surface area contributed by atoms with Crippen LogP contribution in [0.4, 0.5) is 5.69 Å². The second-order valence-corrected chi connectivity index (χ2v) is 4.79. The Morgan fingerprint density at radius 2 is 2.00 bits per heavy atom. The van der Waals surface area contributed by atoms with Gasteiger partial charge in [-0.25, -0.2) is 0 Å². The highest BCUT2D eigenvalue weighted by Gasteiger charge is 2.12. The summed E-state index contributed by atoms with van der Waals surface area (Å²) in [7, 11) is -4.36. The fourth-order valence-corrected chi connectivity index (χ4v) is 1.61. The lowest BCUT2D eigenvalue weighted by atomic mass is 10.2. The zero-order chi connectivity index (χ0) is 13.1. The number of hydrogen-bond donors (Lipinski definition) is 5. The van der Waals surface area contributed by atoms with Crippen LogP contribution < -0.4 is 5.32 Å². The van der Waals surface area contributed by atoms with Gasteiger partial charge in [0.1, 0.15) is 5.75 Å². The Bertz CT molecular complexity index is 486. The van der Waals surface area contributed by atoms with E-state index in [-0.39, 0.29) is 18.0 Å². The summed E-state index contributed by atoms with van der Waals surface area (Å²) in [6.45, 7) is -0.438. The fourth-order valence-electron chi connectivity index (χ4n) is 1.11. The summed E-state index contributed by atoms with van der Waals surface area (Å²) < 4.78 is 30.2. The number of aromatic hydroxyl groups is 1. The molecule has 8 heteroatoms. The molecular weight excluding hydrogens is 250 g/mol. The SMILES string of the molecule is O=S(=O)(O)c1ccc(NCC(O)CO)c(O)c1. The topological polar surface area (TPSA) is 127 Å². The second-order valence-electron chi connectivity index (χ2n) is 3.37. The summed E-state index contributed by atoms with van der Waals surface area (Å²) in [6.07, 6.45) is -0.990. The third kappa shape index (κ3) is 3.86. The smallest absolute Gasteiger partial charge is 0.294 e. The molecule has 0 saturated heterocycles. The van der Waals surface area contributed by atoms with Crippen LogP contribution in [0.5, 0.6) is 5.75 Å². The number of hydrogen-bond acceptors (Lipinski definition) is 6. The number of nitrogens with one attached hydrogen (secondary N) is 1. The number of aliphatic hydroxyl groups is 2. The normalized spacial score (nSPS) is 13.4. The van der Waals surface area contributed by atoms with Crippen LogP contribution in [0.1, 0.15) is 0 Å². The van der Waals surface area contributed by atoms with E-state index in [1.807, 2.05) is 0 Å². The largest absolute Gasteiger partial charge is 0.506 e. The van der Waals surface area contributed by atoms with E-state index in [0.29, 0.717) is 0 Å². The van der Waals surface area contributed by atoms with Crippen LogP contribution in [-0.4, -0.2) is 47.5 Å². The van der Waals surface area contributed by atoms with Crippen LogP contribution in [0.2, 0.25) is 0 Å². The molecule has 1 atom stereocenters. The average molecular weight is 263 g/mol. The minimum absolute atomic E-state index is 0.00468. The molecule has 5 N–H and O–H groups in total. The Morgan fingerprint density at radius 3 is 2.47 bits per heavy atom. The first kappa shape index (κ1) is 13.7. The van der Waals surface area contributed by atoms with Crippen LogP contribution >= 0.6 is 0 Å². The minimum atomic E-state index is -4.36. The van der Waals surface area contributed by atoms with Crippen molar-refractivity contribution in [1.82, 2.24) is 0 Å². The van der Waals surface area contributed by atoms with Crippen molar-refractivity contribution in [3.63, 3.8) is 0 Å². The summed E-state index contributed by atoms with van der Waals surface area (Å²) in [5.41, 5.74) is 0.185. The summed E-state index contributed by atoms with van der Waals surface area (Å²) in [4.78, 5) is -0.428. The van der Waals surface area contributed by atoms with Crippen molar-refractivity contribution in [2.24, 2.45) is 0 Å². The number of benzene rings is 1. The van der Waals surface area contributed by atoms with Gasteiger partial charge >= 0.3 is 0 Å². The molecule has 1 unspecified atom stereocenters. The maximum atomic E-state index is 10.8. The van der Waals surface area contributed by atoms with Gasteiger partial charge in [-0.2, -0.15) is 8.42 Å². The van der Waals surface area contributed by atoms with Crippen molar-refractivity contribution in [3.05, 3.63) is 18.2 Å². The Morgan fingerprint density at radius 1 is 1.35 bits per heavy atom. The molecule has 7 nitrogen and oxygen atoms in total. The molecule has 0 fully saturated rings. The van der Waals surface area contributed by atoms with Gasteiger partial charge in [-0.05, 0) is 12.1 Å². The molecule has 96 valence electrons. The summed E-state index contributed by atoms with van der Waals surface area (Å²) in [5, 5.41) is 29.7. The van der Waals surface area contributed by atoms with E-state index >= 15 is 0 Å². The molecular formula is C9H13NO6S. The third-order valence-electron chi connectivity index (χ3n) is 2.01. The number of aliphatic hydroxyl groups excluding tert-OH is 2. The van der Waals surface area contributed by atoms with Crippen molar-refractivity contribution >= 4 is 15.8 Å². The van der Waals surface area contributed by atoms with Gasteiger partial charge in [-0.1, -0.05) is 0 Å². The molecule has 17 heavy (non-hydrogen) atoms. The van der Waals surface area contributed by atoms with E-state index in [2.05, 4.69) is 5.32 Å². The molecule has 0 heterocycles. The molecule has 0 radical (unpaired) electrons. The lowest BCUT2D eigenvalue weighted by Gasteiger charge is -2.11. The maximum absolute atomic E-state index is 10.8. The van der Waals surface area contributed by atoms with Gasteiger partial charge in [0.2, 0.25) is 0 Å². The van der Waals surface area contributed by atoms with Gasteiger partial charge in [0.25, 0.3) is 10.1 Å². The Labute approximate surface area is 98.1 Å². The van der Waals surface area contributed by atoms with Crippen molar-refractivity contribution in [3.8, 4) is 5.75 Å². The van der Waals surface area contributed by atoms with Gasteiger partial charge in [0, 0.05) is 12.6 Å². The first-order valence-corrected chi connectivity index (χ1v) is 6.12. The summed E-state index contributed by atoms with van der Waals surface area (Å²) >= 11 is 0. The Hall–Kier alpha value is -1.35. The maximum Gasteiger partial charge on any atom is 0.294 e. The van der Waals surface area contributed by atoms with Crippen LogP contribution in [0.3, 0.4) is 0 Å². The lowest BCUT2D eigenvalue weighted by molar-refractivity contribution is 0.105. The van der Waals surface area contributed by atoms with E-state index in [9.17, 15) is 13.5 Å². The molecule has 0 spiro atoms. The predicted octanol–water partition coefficient (Wildman–Crippen LogP) is -0.596. The van der Waals surface area contributed by atoms with Crippen molar-refractivity contribution < 1.29 is 28.3 Å². The zero-order valence-electron chi connectivity index (χ0n) is 8.74. The first-order valence-electron chi connectivity index (χ1n) is 4.68. The minimum Gasteiger partial charge on any atom is -0.506 e. The molecule has 0 aromatic heterocycles. The third-order valence-corrected chi connectivity index (χ3v) is 2.86.